The van der Waals surface area contributed by atoms with Crippen LogP contribution < -0.4 is 10.1 Å². The molecule has 0 radical (unpaired) electrons. The van der Waals surface area contributed by atoms with Gasteiger partial charge < -0.3 is 20.3 Å². The molecule has 0 spiro atoms. The first-order valence-electron chi connectivity index (χ1n) is 7.08. The number of rotatable bonds is 8. The zero-order chi connectivity index (χ0) is 16.4. The summed E-state index contributed by atoms with van der Waals surface area (Å²) in [4.78, 5) is 23.0. The van der Waals surface area contributed by atoms with Crippen molar-refractivity contribution in [2.75, 3.05) is 11.9 Å². The van der Waals surface area contributed by atoms with Crippen molar-refractivity contribution < 1.29 is 24.5 Å². The van der Waals surface area contributed by atoms with Crippen LogP contribution in [0, 0.1) is 0 Å². The van der Waals surface area contributed by atoms with Crippen LogP contribution in [0.1, 0.15) is 26.2 Å². The molecular formula is C16H21NO5. The highest BCUT2D eigenvalue weighted by molar-refractivity contribution is 5.94. The number of amides is 1. The molecule has 0 fully saturated rings. The number of benzene rings is 1. The minimum atomic E-state index is -1.46. The highest BCUT2D eigenvalue weighted by atomic mass is 16.5. The summed E-state index contributed by atoms with van der Waals surface area (Å²) in [5.74, 6) is -0.620. The van der Waals surface area contributed by atoms with Gasteiger partial charge in [-0.3, -0.25) is 9.59 Å². The van der Waals surface area contributed by atoms with Gasteiger partial charge in [-0.15, -0.1) is 0 Å². The van der Waals surface area contributed by atoms with Crippen molar-refractivity contribution in [3.05, 3.63) is 36.4 Å². The number of carbonyl (C=O) groups excluding carboxylic acids is 2. The number of unbranched alkanes of at least 4 members (excludes halogenated alkanes) is 1. The fourth-order valence-corrected chi connectivity index (χ4v) is 1.63. The minimum Gasteiger partial charge on any atom is -0.427 e. The molecule has 0 bridgehead atoms. The number of aliphatic hydroxyl groups excluding tert-OH is 2. The number of aliphatic hydroxyl groups is 2. The number of nitrogens with one attached hydrogen (secondary N) is 1. The third-order valence-corrected chi connectivity index (χ3v) is 2.82. The van der Waals surface area contributed by atoms with E-state index in [4.69, 9.17) is 14.9 Å². The molecule has 3 N–H and O–H groups in total. The number of carbonyl (C=O) groups is 2. The maximum atomic E-state index is 11.6. The molecule has 0 saturated carbocycles. The van der Waals surface area contributed by atoms with Crippen molar-refractivity contribution >= 4 is 17.6 Å². The molecule has 1 aromatic rings. The lowest BCUT2D eigenvalue weighted by Crippen LogP contribution is -2.30. The van der Waals surface area contributed by atoms with E-state index in [-0.39, 0.29) is 5.97 Å². The highest BCUT2D eigenvalue weighted by Gasteiger charge is 2.13. The molecule has 1 aromatic carbocycles. The van der Waals surface area contributed by atoms with Crippen LogP contribution in [-0.2, 0) is 9.59 Å². The Balaban J connectivity index is 2.44. The summed E-state index contributed by atoms with van der Waals surface area (Å²) in [6.45, 7) is 1.28. The van der Waals surface area contributed by atoms with E-state index in [9.17, 15) is 9.59 Å². The number of allylic oxidation sites excluding steroid dienone is 2. The summed E-state index contributed by atoms with van der Waals surface area (Å²) in [5.41, 5.74) is 0.436. The summed E-state index contributed by atoms with van der Waals surface area (Å²) < 4.78 is 5.16. The largest absolute Gasteiger partial charge is 0.427 e. The van der Waals surface area contributed by atoms with Gasteiger partial charge in [0, 0.05) is 12.1 Å². The summed E-state index contributed by atoms with van der Waals surface area (Å²) in [6, 6.07) is 6.18. The molecule has 120 valence electrons. The topological polar surface area (TPSA) is 95.9 Å². The molecule has 0 heterocycles. The molecule has 1 atom stereocenters. The summed E-state index contributed by atoms with van der Waals surface area (Å²) in [6.07, 6.45) is 4.37. The molecule has 0 saturated heterocycles. The van der Waals surface area contributed by atoms with E-state index in [0.29, 0.717) is 17.9 Å². The van der Waals surface area contributed by atoms with Gasteiger partial charge >= 0.3 is 5.97 Å². The number of hydrogen-bond donors (Lipinski definition) is 3. The second-order valence-corrected chi connectivity index (χ2v) is 4.65. The number of esters is 1. The van der Waals surface area contributed by atoms with Crippen molar-refractivity contribution in [3.8, 4) is 5.75 Å². The predicted molar refractivity (Wildman–Crippen MR) is 82.5 cm³/mol. The normalized spacial score (nSPS) is 12.1. The van der Waals surface area contributed by atoms with Gasteiger partial charge in [0.25, 0.3) is 5.91 Å². The van der Waals surface area contributed by atoms with E-state index in [1.807, 2.05) is 19.1 Å². The molecule has 0 aromatic heterocycles. The predicted octanol–water partition coefficient (Wildman–Crippen LogP) is 1.63. The molecule has 1 rings (SSSR count). The Kier molecular flexibility index (Phi) is 7.88. The fraction of sp³-hybridized carbons (Fsp3) is 0.375. The molecule has 1 amide bonds. The Hall–Kier alpha value is -2.18. The van der Waals surface area contributed by atoms with Gasteiger partial charge in [0.15, 0.2) is 6.10 Å². The highest BCUT2D eigenvalue weighted by Crippen LogP contribution is 2.16. The third-order valence-electron chi connectivity index (χ3n) is 2.82. The summed E-state index contributed by atoms with van der Waals surface area (Å²) in [5, 5.41) is 20.2. The lowest BCUT2D eigenvalue weighted by atomic mass is 10.2. The van der Waals surface area contributed by atoms with Crippen molar-refractivity contribution in [3.63, 3.8) is 0 Å². The number of ether oxygens (including phenoxy) is 1. The Morgan fingerprint density at radius 2 is 2.00 bits per heavy atom. The SMILES string of the molecule is C/C=C\CCCC(=O)Oc1ccc(NC(=O)C(O)CO)cc1. The van der Waals surface area contributed by atoms with Gasteiger partial charge in [-0.1, -0.05) is 12.2 Å². The maximum Gasteiger partial charge on any atom is 0.311 e. The van der Waals surface area contributed by atoms with E-state index < -0.39 is 18.6 Å². The molecule has 1 unspecified atom stereocenters. The van der Waals surface area contributed by atoms with Gasteiger partial charge in [0.05, 0.1) is 6.61 Å². The molecule has 6 heteroatoms. The lowest BCUT2D eigenvalue weighted by molar-refractivity contribution is -0.134. The van der Waals surface area contributed by atoms with Crippen LogP contribution in [0.3, 0.4) is 0 Å². The molecule has 22 heavy (non-hydrogen) atoms. The Morgan fingerprint density at radius 3 is 2.59 bits per heavy atom. The van der Waals surface area contributed by atoms with E-state index in [0.717, 1.165) is 12.8 Å². The third kappa shape index (κ3) is 6.51. The lowest BCUT2D eigenvalue weighted by Gasteiger charge is -2.09. The zero-order valence-corrected chi connectivity index (χ0v) is 12.5. The molecule has 0 aliphatic rings. The monoisotopic (exact) mass is 307 g/mol. The molecule has 0 aliphatic heterocycles. The van der Waals surface area contributed by atoms with Crippen LogP contribution in [0.4, 0.5) is 5.69 Å². The van der Waals surface area contributed by atoms with Gasteiger partial charge in [-0.2, -0.15) is 0 Å². The maximum absolute atomic E-state index is 11.6. The van der Waals surface area contributed by atoms with Gasteiger partial charge in [0.2, 0.25) is 0 Å². The second kappa shape index (κ2) is 9.70. The molecule has 0 aliphatic carbocycles. The van der Waals surface area contributed by atoms with Crippen molar-refractivity contribution in [1.82, 2.24) is 0 Å². The minimum absolute atomic E-state index is 0.308. The summed E-state index contributed by atoms with van der Waals surface area (Å²) in [7, 11) is 0. The zero-order valence-electron chi connectivity index (χ0n) is 12.5. The van der Waals surface area contributed by atoms with E-state index >= 15 is 0 Å². The second-order valence-electron chi connectivity index (χ2n) is 4.65. The quantitative estimate of drug-likeness (QED) is 0.294. The average Bonchev–Trinajstić information content (AvgIpc) is 2.52. The van der Waals surface area contributed by atoms with E-state index in [2.05, 4.69) is 5.32 Å². The van der Waals surface area contributed by atoms with Crippen LogP contribution in [0.5, 0.6) is 5.75 Å². The van der Waals surface area contributed by atoms with Gasteiger partial charge in [0.1, 0.15) is 5.75 Å². The number of hydrogen-bond acceptors (Lipinski definition) is 5. The van der Waals surface area contributed by atoms with Crippen molar-refractivity contribution in [1.29, 1.82) is 0 Å². The van der Waals surface area contributed by atoms with Gasteiger partial charge in [-0.25, -0.2) is 0 Å². The Morgan fingerprint density at radius 1 is 1.32 bits per heavy atom. The first-order chi connectivity index (χ1) is 10.6. The van der Waals surface area contributed by atoms with Crippen LogP contribution in [0.15, 0.2) is 36.4 Å². The Bertz CT molecular complexity index is 510. The summed E-state index contributed by atoms with van der Waals surface area (Å²) >= 11 is 0. The van der Waals surface area contributed by atoms with Crippen LogP contribution >= 0.6 is 0 Å². The smallest absolute Gasteiger partial charge is 0.311 e. The first kappa shape index (κ1) is 17.9. The van der Waals surface area contributed by atoms with Crippen molar-refractivity contribution in [2.45, 2.75) is 32.3 Å². The molecular weight excluding hydrogens is 286 g/mol. The average molecular weight is 307 g/mol. The van der Waals surface area contributed by atoms with Crippen LogP contribution in [-0.4, -0.2) is 34.8 Å². The van der Waals surface area contributed by atoms with Gasteiger partial charge in [-0.05, 0) is 44.0 Å². The Labute approximate surface area is 129 Å². The van der Waals surface area contributed by atoms with E-state index in [1.165, 1.54) is 0 Å². The van der Waals surface area contributed by atoms with Crippen LogP contribution in [0.2, 0.25) is 0 Å². The number of anilines is 1. The van der Waals surface area contributed by atoms with E-state index in [1.54, 1.807) is 24.3 Å². The standard InChI is InChI=1S/C16H21NO5/c1-2-3-4-5-6-15(20)22-13-9-7-12(8-10-13)17-16(21)14(19)11-18/h2-3,7-10,14,18-19H,4-6,11H2,1H3,(H,17,21)/b3-2-. The van der Waals surface area contributed by atoms with Crippen LogP contribution in [0.25, 0.3) is 0 Å². The first-order valence-corrected chi connectivity index (χ1v) is 7.08. The molecule has 6 nitrogen and oxygen atoms in total. The fourth-order valence-electron chi connectivity index (χ4n) is 1.63. The van der Waals surface area contributed by atoms with Crippen molar-refractivity contribution in [2.24, 2.45) is 0 Å².